The summed E-state index contributed by atoms with van der Waals surface area (Å²) in [6, 6.07) is 10.1. The van der Waals surface area contributed by atoms with E-state index in [2.05, 4.69) is 22.4 Å². The van der Waals surface area contributed by atoms with E-state index in [4.69, 9.17) is 5.73 Å². The zero-order valence-electron chi connectivity index (χ0n) is 13.6. The van der Waals surface area contributed by atoms with Gasteiger partial charge in [0.15, 0.2) is 5.96 Å². The Morgan fingerprint density at radius 1 is 1.25 bits per heavy atom. The normalized spacial score (nSPS) is 16.4. The maximum absolute atomic E-state index is 12.2. The fourth-order valence-corrected chi connectivity index (χ4v) is 4.72. The van der Waals surface area contributed by atoms with Crippen molar-refractivity contribution in [1.29, 1.82) is 0 Å². The Balaban J connectivity index is 0.00000288. The topological polar surface area (TPSA) is 87.8 Å². The van der Waals surface area contributed by atoms with E-state index in [0.29, 0.717) is 25.6 Å². The molecular weight excluding hydrogens is 459 g/mol. The molecule has 0 unspecified atom stereocenters. The van der Waals surface area contributed by atoms with Crippen LogP contribution < -0.4 is 11.1 Å². The lowest BCUT2D eigenvalue weighted by atomic mass is 10.1. The minimum absolute atomic E-state index is 0. The van der Waals surface area contributed by atoms with Crippen LogP contribution in [0.25, 0.3) is 0 Å². The molecule has 136 valence electrons. The Morgan fingerprint density at radius 3 is 2.58 bits per heavy atom. The molecule has 0 aliphatic carbocycles. The summed E-state index contributed by atoms with van der Waals surface area (Å²) in [5.41, 5.74) is 6.99. The standard InChI is InChI=1S/C15H24N4O2S2.HI/c16-15(17-7-6-14-4-2-1-3-5-14)18-8-13-23(20,21)19-9-11-22-12-10-19;/h1-5H,6-13H2,(H3,16,17,18);1H. The number of guanidine groups is 1. The second-order valence-electron chi connectivity index (χ2n) is 5.26. The molecule has 0 saturated carbocycles. The van der Waals surface area contributed by atoms with Crippen molar-refractivity contribution >= 4 is 51.7 Å². The summed E-state index contributed by atoms with van der Waals surface area (Å²) >= 11 is 1.79. The summed E-state index contributed by atoms with van der Waals surface area (Å²) in [7, 11) is -3.21. The molecule has 0 bridgehead atoms. The zero-order chi connectivity index (χ0) is 16.5. The fraction of sp³-hybridized carbons (Fsp3) is 0.533. The SMILES string of the molecule is I.NC(=NCCS(=O)(=O)N1CCSCC1)NCCc1ccccc1. The van der Waals surface area contributed by atoms with Gasteiger partial charge in [-0.3, -0.25) is 4.99 Å². The highest BCUT2D eigenvalue weighted by Crippen LogP contribution is 2.13. The van der Waals surface area contributed by atoms with Gasteiger partial charge < -0.3 is 11.1 Å². The summed E-state index contributed by atoms with van der Waals surface area (Å²) < 4.78 is 25.9. The predicted molar refractivity (Wildman–Crippen MR) is 113 cm³/mol. The van der Waals surface area contributed by atoms with Crippen LogP contribution in [0.5, 0.6) is 0 Å². The minimum atomic E-state index is -3.21. The smallest absolute Gasteiger partial charge is 0.215 e. The van der Waals surface area contributed by atoms with Gasteiger partial charge in [0.05, 0.1) is 12.3 Å². The second-order valence-corrected chi connectivity index (χ2v) is 8.57. The number of nitrogens with one attached hydrogen (secondary N) is 1. The number of benzene rings is 1. The van der Waals surface area contributed by atoms with E-state index < -0.39 is 10.0 Å². The molecule has 2 rings (SSSR count). The predicted octanol–water partition coefficient (Wildman–Crippen LogP) is 1.13. The molecule has 1 aromatic rings. The summed E-state index contributed by atoms with van der Waals surface area (Å²) in [5.74, 6) is 2.04. The fourth-order valence-electron chi connectivity index (χ4n) is 2.27. The molecule has 3 N–H and O–H groups in total. The van der Waals surface area contributed by atoms with Gasteiger partial charge in [0, 0.05) is 31.1 Å². The van der Waals surface area contributed by atoms with Crippen molar-refractivity contribution in [2.24, 2.45) is 10.7 Å². The molecule has 1 aliphatic heterocycles. The quantitative estimate of drug-likeness (QED) is 0.344. The Hall–Kier alpha value is -0.520. The van der Waals surface area contributed by atoms with Crippen LogP contribution in [0.15, 0.2) is 35.3 Å². The second kappa shape index (κ2) is 11.2. The highest BCUT2D eigenvalue weighted by molar-refractivity contribution is 14.0. The van der Waals surface area contributed by atoms with Crippen molar-refractivity contribution in [2.45, 2.75) is 6.42 Å². The van der Waals surface area contributed by atoms with Gasteiger partial charge >= 0.3 is 0 Å². The van der Waals surface area contributed by atoms with Gasteiger partial charge in [-0.25, -0.2) is 12.7 Å². The van der Waals surface area contributed by atoms with E-state index in [0.717, 1.165) is 17.9 Å². The summed E-state index contributed by atoms with van der Waals surface area (Å²) in [5, 5.41) is 3.01. The maximum Gasteiger partial charge on any atom is 0.215 e. The zero-order valence-corrected chi connectivity index (χ0v) is 17.5. The van der Waals surface area contributed by atoms with Gasteiger partial charge in [0.2, 0.25) is 10.0 Å². The summed E-state index contributed by atoms with van der Waals surface area (Å²) in [6.07, 6.45) is 0.848. The van der Waals surface area contributed by atoms with E-state index in [1.807, 2.05) is 18.2 Å². The molecule has 1 aromatic carbocycles. The third kappa shape index (κ3) is 7.58. The Morgan fingerprint density at radius 2 is 1.92 bits per heavy atom. The van der Waals surface area contributed by atoms with Gasteiger partial charge in [-0.15, -0.1) is 24.0 Å². The van der Waals surface area contributed by atoms with Crippen LogP contribution in [0.3, 0.4) is 0 Å². The average Bonchev–Trinajstić information content (AvgIpc) is 2.56. The number of sulfonamides is 1. The molecule has 1 heterocycles. The highest BCUT2D eigenvalue weighted by atomic mass is 127. The Labute approximate surface area is 165 Å². The monoisotopic (exact) mass is 484 g/mol. The van der Waals surface area contributed by atoms with E-state index in [9.17, 15) is 8.42 Å². The molecule has 0 atom stereocenters. The van der Waals surface area contributed by atoms with E-state index in [1.54, 1.807) is 16.1 Å². The number of nitrogens with zero attached hydrogens (tertiary/aromatic N) is 2. The lowest BCUT2D eigenvalue weighted by Gasteiger charge is -2.25. The van der Waals surface area contributed by atoms with Crippen LogP contribution in [-0.4, -0.2) is 62.1 Å². The first-order valence-corrected chi connectivity index (χ1v) is 10.5. The number of hydrogen-bond donors (Lipinski definition) is 2. The number of aliphatic imine (C=N–C) groups is 1. The first-order chi connectivity index (χ1) is 11.1. The molecule has 0 radical (unpaired) electrons. The maximum atomic E-state index is 12.2. The summed E-state index contributed by atoms with van der Waals surface area (Å²) in [6.45, 7) is 2.06. The molecule has 9 heteroatoms. The van der Waals surface area contributed by atoms with Crippen LogP contribution in [0.4, 0.5) is 0 Å². The van der Waals surface area contributed by atoms with E-state index in [-0.39, 0.29) is 36.3 Å². The largest absolute Gasteiger partial charge is 0.370 e. The van der Waals surface area contributed by atoms with Crippen molar-refractivity contribution in [3.05, 3.63) is 35.9 Å². The van der Waals surface area contributed by atoms with Crippen LogP contribution >= 0.6 is 35.7 Å². The molecule has 0 amide bonds. The number of rotatable bonds is 7. The molecule has 0 spiro atoms. The molecular formula is C15H25IN4O2S2. The first kappa shape index (κ1) is 21.5. The molecule has 6 nitrogen and oxygen atoms in total. The van der Waals surface area contributed by atoms with Gasteiger partial charge in [0.25, 0.3) is 0 Å². The number of halogens is 1. The highest BCUT2D eigenvalue weighted by Gasteiger charge is 2.23. The number of nitrogens with two attached hydrogens (primary N) is 1. The van der Waals surface area contributed by atoms with Crippen LogP contribution in [0.1, 0.15) is 5.56 Å². The van der Waals surface area contributed by atoms with Gasteiger partial charge in [-0.05, 0) is 12.0 Å². The summed E-state index contributed by atoms with van der Waals surface area (Å²) in [4.78, 5) is 4.11. The lowest BCUT2D eigenvalue weighted by molar-refractivity contribution is 0.444. The first-order valence-electron chi connectivity index (χ1n) is 7.71. The van der Waals surface area contributed by atoms with Gasteiger partial charge in [-0.2, -0.15) is 11.8 Å². The van der Waals surface area contributed by atoms with Crippen molar-refractivity contribution in [2.75, 3.05) is 43.4 Å². The van der Waals surface area contributed by atoms with E-state index >= 15 is 0 Å². The van der Waals surface area contributed by atoms with Crippen molar-refractivity contribution in [3.63, 3.8) is 0 Å². The Bertz CT molecular complexity index is 605. The van der Waals surface area contributed by atoms with Crippen molar-refractivity contribution in [3.8, 4) is 0 Å². The van der Waals surface area contributed by atoms with Crippen molar-refractivity contribution < 1.29 is 8.42 Å². The average molecular weight is 484 g/mol. The van der Waals surface area contributed by atoms with Crippen LogP contribution in [0.2, 0.25) is 0 Å². The van der Waals surface area contributed by atoms with Gasteiger partial charge in [0.1, 0.15) is 0 Å². The van der Waals surface area contributed by atoms with Crippen LogP contribution in [0, 0.1) is 0 Å². The Kier molecular flexibility index (Phi) is 10.0. The number of thioether (sulfide) groups is 1. The van der Waals surface area contributed by atoms with E-state index in [1.165, 1.54) is 5.56 Å². The van der Waals surface area contributed by atoms with Gasteiger partial charge in [-0.1, -0.05) is 30.3 Å². The minimum Gasteiger partial charge on any atom is -0.370 e. The third-order valence-corrected chi connectivity index (χ3v) is 6.35. The number of hydrogen-bond acceptors (Lipinski definition) is 4. The molecule has 24 heavy (non-hydrogen) atoms. The van der Waals surface area contributed by atoms with Crippen molar-refractivity contribution in [1.82, 2.24) is 9.62 Å². The molecule has 1 aliphatic rings. The lowest BCUT2D eigenvalue weighted by Crippen LogP contribution is -2.40. The molecule has 0 aromatic heterocycles. The molecule has 1 saturated heterocycles. The molecule has 1 fully saturated rings. The third-order valence-electron chi connectivity index (χ3n) is 3.56. The van der Waals surface area contributed by atoms with Crippen LogP contribution in [-0.2, 0) is 16.4 Å².